The Morgan fingerprint density at radius 1 is 1.03 bits per heavy atom. The number of aryl methyl sites for hydroxylation is 2. The Kier molecular flexibility index (Phi) is 7.77. The van der Waals surface area contributed by atoms with E-state index in [0.717, 1.165) is 15.8 Å². The Balaban J connectivity index is 1.38. The molecule has 0 saturated carbocycles. The molecule has 8 nitrogen and oxygen atoms in total. The molecule has 2 N–H and O–H groups in total. The first-order chi connectivity index (χ1) is 15.3. The van der Waals surface area contributed by atoms with E-state index in [4.69, 9.17) is 0 Å². The fourth-order valence-electron chi connectivity index (χ4n) is 3.17. The van der Waals surface area contributed by atoms with Crippen molar-refractivity contribution in [2.75, 3.05) is 25.5 Å². The fraction of sp³-hybridized carbons (Fsp3) is 0.304. The fourth-order valence-corrected chi connectivity index (χ4v) is 4.09. The number of nitrogens with zero attached hydrogens (tertiary/aromatic N) is 2. The number of hydrogen-bond donors (Lipinski definition) is 2. The van der Waals surface area contributed by atoms with Crippen molar-refractivity contribution >= 4 is 45.0 Å². The van der Waals surface area contributed by atoms with E-state index in [1.165, 1.54) is 11.3 Å². The second kappa shape index (κ2) is 10.7. The van der Waals surface area contributed by atoms with E-state index in [2.05, 4.69) is 10.6 Å². The third-order valence-electron chi connectivity index (χ3n) is 5.02. The highest BCUT2D eigenvalue weighted by Crippen LogP contribution is 2.16. The molecule has 0 saturated heterocycles. The molecule has 3 rings (SSSR count). The Morgan fingerprint density at radius 3 is 2.50 bits per heavy atom. The first kappa shape index (κ1) is 23.2. The highest BCUT2D eigenvalue weighted by Gasteiger charge is 2.14. The normalized spacial score (nSPS) is 10.7. The van der Waals surface area contributed by atoms with Crippen LogP contribution in [0.15, 0.2) is 53.3 Å². The van der Waals surface area contributed by atoms with Gasteiger partial charge >= 0.3 is 16.7 Å². The van der Waals surface area contributed by atoms with Crippen LogP contribution in [-0.2, 0) is 20.9 Å². The van der Waals surface area contributed by atoms with Gasteiger partial charge in [0.05, 0.1) is 10.2 Å². The minimum atomic E-state index is -0.730. The molecule has 0 aliphatic heterocycles. The van der Waals surface area contributed by atoms with Gasteiger partial charge in [-0.1, -0.05) is 41.2 Å². The zero-order chi connectivity index (χ0) is 23.1. The molecular weight excluding hydrogens is 428 g/mol. The molecule has 2 aromatic carbocycles. The Hall–Kier alpha value is -3.46. The van der Waals surface area contributed by atoms with Crippen molar-refractivity contribution in [3.05, 3.63) is 63.8 Å². The lowest BCUT2D eigenvalue weighted by atomic mass is 10.2. The van der Waals surface area contributed by atoms with Crippen LogP contribution in [0.25, 0.3) is 10.2 Å². The van der Waals surface area contributed by atoms with Crippen LogP contribution in [-0.4, -0.2) is 47.3 Å². The molecule has 32 heavy (non-hydrogen) atoms. The second-order valence-electron chi connectivity index (χ2n) is 7.48. The van der Waals surface area contributed by atoms with Gasteiger partial charge in [-0.25, -0.2) is 0 Å². The van der Waals surface area contributed by atoms with E-state index in [1.807, 2.05) is 43.3 Å². The molecule has 3 amide bonds. The van der Waals surface area contributed by atoms with Gasteiger partial charge in [0.1, 0.15) is 0 Å². The molecule has 0 unspecified atom stereocenters. The van der Waals surface area contributed by atoms with Crippen molar-refractivity contribution in [3.63, 3.8) is 0 Å². The molecule has 1 heterocycles. The van der Waals surface area contributed by atoms with Crippen molar-refractivity contribution in [2.45, 2.75) is 26.3 Å². The third-order valence-corrected chi connectivity index (χ3v) is 5.98. The SMILES string of the molecule is Cc1ccc(NC(=O)C(=O)NCCCN(C)C(=O)CCn2c(=O)sc3ccccc32)cc1. The van der Waals surface area contributed by atoms with Crippen LogP contribution in [0, 0.1) is 6.92 Å². The predicted molar refractivity (Wildman–Crippen MR) is 126 cm³/mol. The van der Waals surface area contributed by atoms with Gasteiger partial charge in [0.2, 0.25) is 5.91 Å². The van der Waals surface area contributed by atoms with Crippen molar-refractivity contribution in [3.8, 4) is 0 Å². The van der Waals surface area contributed by atoms with Gasteiger partial charge in [-0.2, -0.15) is 0 Å². The van der Waals surface area contributed by atoms with Gasteiger partial charge in [-0.3, -0.25) is 23.7 Å². The maximum Gasteiger partial charge on any atom is 0.313 e. The van der Waals surface area contributed by atoms with Gasteiger partial charge in [0.15, 0.2) is 0 Å². The van der Waals surface area contributed by atoms with Crippen LogP contribution in [0.2, 0.25) is 0 Å². The summed E-state index contributed by atoms with van der Waals surface area (Å²) in [7, 11) is 1.68. The standard InChI is InChI=1S/C23H26N4O4S/c1-16-8-10-17(11-9-16)25-22(30)21(29)24-13-5-14-26(2)20(28)12-15-27-18-6-3-4-7-19(18)32-23(27)31/h3-4,6-11H,5,12-15H2,1-2H3,(H,24,29)(H,25,30). The lowest BCUT2D eigenvalue weighted by Gasteiger charge is -2.17. The predicted octanol–water partition coefficient (Wildman–Crippen LogP) is 2.36. The highest BCUT2D eigenvalue weighted by molar-refractivity contribution is 7.16. The molecule has 0 fully saturated rings. The van der Waals surface area contributed by atoms with Gasteiger partial charge in [0.25, 0.3) is 0 Å². The third kappa shape index (κ3) is 6.04. The molecule has 0 aliphatic rings. The minimum absolute atomic E-state index is 0.0757. The number of hydrogen-bond acceptors (Lipinski definition) is 5. The summed E-state index contributed by atoms with van der Waals surface area (Å²) in [4.78, 5) is 49.9. The van der Waals surface area contributed by atoms with Gasteiger partial charge < -0.3 is 15.5 Å². The summed E-state index contributed by atoms with van der Waals surface area (Å²) in [6.07, 6.45) is 0.718. The number of fused-ring (bicyclic) bond motifs is 1. The molecule has 0 bridgehead atoms. The zero-order valence-corrected chi connectivity index (χ0v) is 18.9. The summed E-state index contributed by atoms with van der Waals surface area (Å²) in [5.41, 5.74) is 2.45. The van der Waals surface area contributed by atoms with Crippen molar-refractivity contribution in [1.29, 1.82) is 0 Å². The lowest BCUT2D eigenvalue weighted by Crippen LogP contribution is -2.37. The van der Waals surface area contributed by atoms with Crippen LogP contribution in [0.4, 0.5) is 5.69 Å². The molecule has 1 aromatic heterocycles. The number of carbonyl (C=O) groups excluding carboxylic acids is 3. The van der Waals surface area contributed by atoms with Gasteiger partial charge in [-0.05, 0) is 37.6 Å². The van der Waals surface area contributed by atoms with E-state index < -0.39 is 11.8 Å². The van der Waals surface area contributed by atoms with Crippen LogP contribution in [0.3, 0.4) is 0 Å². The number of anilines is 1. The summed E-state index contributed by atoms with van der Waals surface area (Å²) < 4.78 is 2.53. The van der Waals surface area contributed by atoms with Crippen molar-refractivity contribution in [2.24, 2.45) is 0 Å². The molecule has 0 atom stereocenters. The van der Waals surface area contributed by atoms with Crippen LogP contribution < -0.4 is 15.5 Å². The number of carbonyl (C=O) groups is 3. The lowest BCUT2D eigenvalue weighted by molar-refractivity contribution is -0.136. The summed E-state index contributed by atoms with van der Waals surface area (Å²) in [5.74, 6) is -1.54. The largest absolute Gasteiger partial charge is 0.348 e. The van der Waals surface area contributed by atoms with Crippen LogP contribution >= 0.6 is 11.3 Å². The van der Waals surface area contributed by atoms with Gasteiger partial charge in [0, 0.05) is 38.8 Å². The van der Waals surface area contributed by atoms with Gasteiger partial charge in [-0.15, -0.1) is 0 Å². The number of para-hydroxylation sites is 1. The first-order valence-electron chi connectivity index (χ1n) is 10.3. The number of aromatic nitrogens is 1. The molecule has 0 spiro atoms. The smallest absolute Gasteiger partial charge is 0.313 e. The van der Waals surface area contributed by atoms with E-state index in [1.54, 1.807) is 28.6 Å². The summed E-state index contributed by atoms with van der Waals surface area (Å²) in [6.45, 7) is 2.95. The molecule has 0 aliphatic carbocycles. The number of benzene rings is 2. The average Bonchev–Trinajstić information content (AvgIpc) is 3.11. The molecule has 168 valence electrons. The first-order valence-corrected chi connectivity index (χ1v) is 11.1. The summed E-state index contributed by atoms with van der Waals surface area (Å²) >= 11 is 1.17. The average molecular weight is 455 g/mol. The summed E-state index contributed by atoms with van der Waals surface area (Å²) in [6, 6.07) is 14.7. The Morgan fingerprint density at radius 2 is 1.75 bits per heavy atom. The number of rotatable bonds is 8. The minimum Gasteiger partial charge on any atom is -0.348 e. The van der Waals surface area contributed by atoms with Crippen LogP contribution in [0.1, 0.15) is 18.4 Å². The van der Waals surface area contributed by atoms with Crippen LogP contribution in [0.5, 0.6) is 0 Å². The zero-order valence-electron chi connectivity index (χ0n) is 18.1. The molecule has 0 radical (unpaired) electrons. The quantitative estimate of drug-likeness (QED) is 0.403. The molecular formula is C23H26N4O4S. The monoisotopic (exact) mass is 454 g/mol. The maximum absolute atomic E-state index is 12.4. The van der Waals surface area contributed by atoms with E-state index in [0.29, 0.717) is 25.2 Å². The van der Waals surface area contributed by atoms with E-state index >= 15 is 0 Å². The second-order valence-corrected chi connectivity index (χ2v) is 8.48. The maximum atomic E-state index is 12.4. The van der Waals surface area contributed by atoms with E-state index in [-0.39, 0.29) is 23.7 Å². The molecule has 9 heteroatoms. The Bertz CT molecular complexity index is 1170. The number of nitrogens with one attached hydrogen (secondary N) is 2. The van der Waals surface area contributed by atoms with Crippen molar-refractivity contribution < 1.29 is 14.4 Å². The number of thiazole rings is 1. The van der Waals surface area contributed by atoms with E-state index in [9.17, 15) is 19.2 Å². The Labute approximate surface area is 189 Å². The topological polar surface area (TPSA) is 101 Å². The highest BCUT2D eigenvalue weighted by atomic mass is 32.1. The molecule has 3 aromatic rings. The number of amides is 3. The van der Waals surface area contributed by atoms with Crippen molar-refractivity contribution in [1.82, 2.24) is 14.8 Å². The summed E-state index contributed by atoms with van der Waals surface area (Å²) in [5, 5.41) is 5.10.